The van der Waals surface area contributed by atoms with Crippen LogP contribution >= 0.6 is 15.2 Å². The summed E-state index contributed by atoms with van der Waals surface area (Å²) in [6, 6.07) is 8.26. The first kappa shape index (κ1) is 36.4. The summed E-state index contributed by atoms with van der Waals surface area (Å²) in [6.45, 7) is 25.2. The third kappa shape index (κ3) is 5.48. The van der Waals surface area contributed by atoms with E-state index in [1.165, 1.54) is 0 Å². The lowest BCUT2D eigenvalue weighted by Crippen LogP contribution is -2.27. The van der Waals surface area contributed by atoms with Crippen molar-refractivity contribution in [1.29, 1.82) is 0 Å². The highest BCUT2D eigenvalue weighted by molar-refractivity contribution is 7.62. The summed E-state index contributed by atoms with van der Waals surface area (Å²) in [6.07, 6.45) is 1.60. The second-order valence-corrected chi connectivity index (χ2v) is 18.9. The SMILES string of the molecule is CCOP(=O)(OCC)c1cc2c3cc1Oc1c(C)c(C)c(c(C)c1C)Oc1cc4c(cc1P(=O)(OCC)OCC)C(C)(C)CC34CC2(C)C. The van der Waals surface area contributed by atoms with Crippen molar-refractivity contribution in [2.45, 2.75) is 112 Å². The lowest BCUT2D eigenvalue weighted by Gasteiger charge is -2.31. The third-order valence-corrected chi connectivity index (χ3v) is 15.1. The van der Waals surface area contributed by atoms with Crippen molar-refractivity contribution in [2.75, 3.05) is 26.4 Å². The molecule has 0 N–H and O–H groups in total. The fourth-order valence-corrected chi connectivity index (χ4v) is 12.1. The maximum absolute atomic E-state index is 14.7. The lowest BCUT2D eigenvalue weighted by molar-refractivity contribution is 0.228. The van der Waals surface area contributed by atoms with E-state index >= 15 is 0 Å². The predicted molar refractivity (Wildman–Crippen MR) is 195 cm³/mol. The van der Waals surface area contributed by atoms with Crippen LogP contribution in [0.15, 0.2) is 24.3 Å². The van der Waals surface area contributed by atoms with Gasteiger partial charge in [0.2, 0.25) is 0 Å². The van der Waals surface area contributed by atoms with Crippen LogP contribution in [0.4, 0.5) is 0 Å². The van der Waals surface area contributed by atoms with E-state index < -0.39 is 20.6 Å². The molecule has 1 spiro atoms. The summed E-state index contributed by atoms with van der Waals surface area (Å²) in [5.41, 5.74) is 6.89. The minimum absolute atomic E-state index is 0.226. The summed E-state index contributed by atoms with van der Waals surface area (Å²) in [4.78, 5) is 0. The number of rotatable bonds is 10. The highest BCUT2D eigenvalue weighted by Gasteiger charge is 2.58. The van der Waals surface area contributed by atoms with E-state index in [0.717, 1.165) is 57.3 Å². The monoisotopic (exact) mass is 710 g/mol. The average molecular weight is 711 g/mol. The normalized spacial score (nSPS) is 18.0. The van der Waals surface area contributed by atoms with Crippen LogP contribution in [0.2, 0.25) is 0 Å². The molecular formula is C39H52O8P2. The smallest absolute Gasteiger partial charge is 0.365 e. The van der Waals surface area contributed by atoms with Gasteiger partial charge in [-0.2, -0.15) is 0 Å². The standard InChI is InChI=1S/C39H52O8P2/c1-13-42-48(40,43-14-2)33-19-27-29-17-31(33)46-35-23(5)25(7)36(26(8)24(35)6)47-32-18-30-28(20-34(32)49(41,44-15-3)45-16-4)38(11,12)22-39(29,30)21-37(27,9)10/h17-20H,13-16,21-22H2,1-12H3. The molecule has 2 heterocycles. The molecule has 3 aromatic rings. The fourth-order valence-electron chi connectivity index (χ4n) is 8.73. The Hall–Kier alpha value is -2.44. The van der Waals surface area contributed by atoms with Crippen LogP contribution < -0.4 is 20.1 Å². The van der Waals surface area contributed by atoms with Crippen LogP contribution in [0.5, 0.6) is 23.0 Å². The summed E-state index contributed by atoms with van der Waals surface area (Å²) in [5, 5.41) is 0.875. The largest absolute Gasteiger partial charge is 0.456 e. The highest BCUT2D eigenvalue weighted by Crippen LogP contribution is 2.65. The maximum atomic E-state index is 14.7. The van der Waals surface area contributed by atoms with Crippen LogP contribution in [0.25, 0.3) is 0 Å². The van der Waals surface area contributed by atoms with E-state index in [-0.39, 0.29) is 37.3 Å². The van der Waals surface area contributed by atoms with Gasteiger partial charge in [0.05, 0.1) is 26.4 Å². The van der Waals surface area contributed by atoms with Gasteiger partial charge in [-0.15, -0.1) is 0 Å². The van der Waals surface area contributed by atoms with E-state index in [9.17, 15) is 9.13 Å². The molecule has 0 saturated heterocycles. The Morgan fingerprint density at radius 3 is 1.14 bits per heavy atom. The van der Waals surface area contributed by atoms with Crippen LogP contribution in [0.3, 0.4) is 0 Å². The number of benzene rings is 3. The topological polar surface area (TPSA) is 89.5 Å². The number of hydrogen-bond donors (Lipinski definition) is 0. The highest BCUT2D eigenvalue weighted by atomic mass is 31.2. The molecule has 266 valence electrons. The molecule has 0 aromatic heterocycles. The Morgan fingerprint density at radius 1 is 0.551 bits per heavy atom. The zero-order valence-corrected chi connectivity index (χ0v) is 33.0. The van der Waals surface area contributed by atoms with Gasteiger partial charge in [0.15, 0.2) is 0 Å². The van der Waals surface area contributed by atoms with Gasteiger partial charge in [-0.05, 0) is 148 Å². The Balaban J connectivity index is 1.80. The van der Waals surface area contributed by atoms with Gasteiger partial charge in [-0.1, -0.05) is 27.7 Å². The average Bonchev–Trinajstić information content (AvgIpc) is 3.38. The molecule has 0 radical (unpaired) electrons. The molecule has 6 bridgehead atoms. The minimum Gasteiger partial charge on any atom is -0.456 e. The molecule has 3 aromatic carbocycles. The van der Waals surface area contributed by atoms with Crippen molar-refractivity contribution in [3.63, 3.8) is 0 Å². The fraction of sp³-hybridized carbons (Fsp3) is 0.538. The summed E-state index contributed by atoms with van der Waals surface area (Å²) in [5.74, 6) is 2.28. The van der Waals surface area contributed by atoms with Crippen LogP contribution in [-0.4, -0.2) is 26.4 Å². The Bertz CT molecular complexity index is 1750. The number of fused-ring (bicyclic) bond motifs is 2. The molecule has 2 aliphatic carbocycles. The quantitative estimate of drug-likeness (QED) is 0.192. The molecule has 0 saturated carbocycles. The van der Waals surface area contributed by atoms with E-state index in [1.54, 1.807) is 0 Å². The maximum Gasteiger partial charge on any atom is 0.365 e. The molecule has 0 amide bonds. The summed E-state index contributed by atoms with van der Waals surface area (Å²) < 4.78 is 67.1. The minimum atomic E-state index is -3.77. The lowest BCUT2D eigenvalue weighted by atomic mass is 9.72. The molecule has 0 unspecified atom stereocenters. The summed E-state index contributed by atoms with van der Waals surface area (Å²) in [7, 11) is -7.54. The van der Waals surface area contributed by atoms with Gasteiger partial charge in [0, 0.05) is 5.41 Å². The third-order valence-electron chi connectivity index (χ3n) is 10.9. The van der Waals surface area contributed by atoms with Crippen molar-refractivity contribution in [3.05, 3.63) is 68.8 Å². The van der Waals surface area contributed by atoms with Crippen LogP contribution in [0, 0.1) is 27.7 Å². The first-order chi connectivity index (χ1) is 22.9. The molecule has 0 fully saturated rings. The van der Waals surface area contributed by atoms with Gasteiger partial charge in [0.25, 0.3) is 0 Å². The van der Waals surface area contributed by atoms with E-state index in [4.69, 9.17) is 27.6 Å². The van der Waals surface area contributed by atoms with Crippen molar-refractivity contribution in [3.8, 4) is 23.0 Å². The Morgan fingerprint density at radius 2 is 0.857 bits per heavy atom. The van der Waals surface area contributed by atoms with Crippen molar-refractivity contribution >= 4 is 25.8 Å². The molecular weight excluding hydrogens is 658 g/mol. The molecule has 2 aliphatic heterocycles. The molecule has 8 nitrogen and oxygen atoms in total. The number of hydrogen-bond acceptors (Lipinski definition) is 8. The second kappa shape index (κ2) is 12.4. The predicted octanol–water partition coefficient (Wildman–Crippen LogP) is 10.2. The van der Waals surface area contributed by atoms with Crippen molar-refractivity contribution in [1.82, 2.24) is 0 Å². The van der Waals surface area contributed by atoms with Crippen molar-refractivity contribution < 1.29 is 36.7 Å². The van der Waals surface area contributed by atoms with Crippen LogP contribution in [0.1, 0.15) is 113 Å². The molecule has 10 heteroatoms. The first-order valence-corrected chi connectivity index (χ1v) is 20.7. The van der Waals surface area contributed by atoms with E-state index in [0.29, 0.717) is 33.6 Å². The van der Waals surface area contributed by atoms with E-state index in [1.807, 2.05) is 67.5 Å². The zero-order chi connectivity index (χ0) is 35.9. The Labute approximate surface area is 292 Å². The molecule has 4 aliphatic rings. The number of ether oxygens (including phenoxy) is 2. The van der Waals surface area contributed by atoms with Crippen molar-refractivity contribution in [2.24, 2.45) is 0 Å². The molecule has 7 rings (SSSR count). The zero-order valence-electron chi connectivity index (χ0n) is 31.2. The van der Waals surface area contributed by atoms with Gasteiger partial charge in [-0.3, -0.25) is 9.13 Å². The second-order valence-electron chi connectivity index (χ2n) is 15.0. The van der Waals surface area contributed by atoms with Gasteiger partial charge in [0.1, 0.15) is 33.6 Å². The van der Waals surface area contributed by atoms with Gasteiger partial charge >= 0.3 is 15.2 Å². The van der Waals surface area contributed by atoms with E-state index in [2.05, 4.69) is 39.8 Å². The Kier molecular flexibility index (Phi) is 9.17. The van der Waals surface area contributed by atoms with Crippen LogP contribution in [-0.2, 0) is 43.5 Å². The first-order valence-electron chi connectivity index (χ1n) is 17.6. The molecule has 0 atom stereocenters. The van der Waals surface area contributed by atoms with Gasteiger partial charge in [-0.25, -0.2) is 0 Å². The molecule has 49 heavy (non-hydrogen) atoms. The van der Waals surface area contributed by atoms with Gasteiger partial charge < -0.3 is 27.6 Å². The summed E-state index contributed by atoms with van der Waals surface area (Å²) >= 11 is 0.